The summed E-state index contributed by atoms with van der Waals surface area (Å²) in [7, 11) is -0.535. The lowest BCUT2D eigenvalue weighted by molar-refractivity contribution is -0.141. The monoisotopic (exact) mass is 439 g/mol. The van der Waals surface area contributed by atoms with Crippen LogP contribution in [-0.2, 0) is 18.7 Å². The van der Waals surface area contributed by atoms with Gasteiger partial charge in [-0.25, -0.2) is 4.98 Å². The normalized spacial score (nSPS) is 23.8. The number of hydrogen-bond donors (Lipinski definition) is 0. The Hall–Kier alpha value is -1.02. The van der Waals surface area contributed by atoms with Crippen LogP contribution >= 0.6 is 11.3 Å². The summed E-state index contributed by atoms with van der Waals surface area (Å²) >= 11 is 1.66. The molecule has 0 amide bonds. The van der Waals surface area contributed by atoms with Crippen molar-refractivity contribution < 1.29 is 18.7 Å². The first-order valence-corrected chi connectivity index (χ1v) is 14.1. The third-order valence-corrected chi connectivity index (χ3v) is 11.6. The van der Waals surface area contributed by atoms with Gasteiger partial charge in [-0.15, -0.1) is 11.3 Å². The molecular weight excluding hydrogens is 402 g/mol. The van der Waals surface area contributed by atoms with Crippen LogP contribution in [0.3, 0.4) is 0 Å². The summed E-state index contributed by atoms with van der Waals surface area (Å²) in [5.41, 5.74) is 1.88. The van der Waals surface area contributed by atoms with Gasteiger partial charge in [-0.1, -0.05) is 20.8 Å². The topological polar surface area (TPSA) is 61.0 Å². The molecule has 1 saturated heterocycles. The quantitative estimate of drug-likeness (QED) is 0.279. The van der Waals surface area contributed by atoms with E-state index in [9.17, 15) is 4.79 Å². The molecule has 3 atom stereocenters. The molecule has 1 aromatic heterocycles. The zero-order valence-electron chi connectivity index (χ0n) is 19.4. The van der Waals surface area contributed by atoms with Gasteiger partial charge in [-0.3, -0.25) is 4.79 Å². The molecule has 0 spiro atoms. The van der Waals surface area contributed by atoms with E-state index in [1.165, 1.54) is 12.7 Å². The number of thiazole rings is 1. The smallest absolute Gasteiger partial charge is 0.305 e. The molecule has 2 rings (SSSR count). The molecule has 2 heterocycles. The number of methoxy groups -OCH3 is 1. The van der Waals surface area contributed by atoms with Crippen molar-refractivity contribution in [3.05, 3.63) is 21.7 Å². The minimum atomic E-state index is -1.96. The highest BCUT2D eigenvalue weighted by molar-refractivity contribution is 7.09. The van der Waals surface area contributed by atoms with Crippen molar-refractivity contribution in [2.75, 3.05) is 7.11 Å². The number of nitrogens with zero attached hydrogens (tertiary/aromatic N) is 1. The van der Waals surface area contributed by atoms with Crippen molar-refractivity contribution in [2.24, 2.45) is 0 Å². The molecule has 7 heteroatoms. The Morgan fingerprint density at radius 2 is 2.10 bits per heavy atom. The molecule has 0 radical (unpaired) electrons. The second-order valence-corrected chi connectivity index (χ2v) is 15.6. The van der Waals surface area contributed by atoms with Crippen LogP contribution < -0.4 is 0 Å². The number of aryl methyl sites for hydroxylation is 1. The maximum absolute atomic E-state index is 11.5. The number of epoxide rings is 1. The van der Waals surface area contributed by atoms with Gasteiger partial charge in [-0.2, -0.15) is 0 Å². The van der Waals surface area contributed by atoms with Gasteiger partial charge in [-0.05, 0) is 57.0 Å². The Labute approximate surface area is 181 Å². The number of carbonyl (C=O) groups is 1. The van der Waals surface area contributed by atoms with Crippen LogP contribution in [0.25, 0.3) is 6.08 Å². The summed E-state index contributed by atoms with van der Waals surface area (Å²) in [5.74, 6) is -0.190. The SMILES string of the molecule is COC(=O)CC[C@@]1(C)O[C@H]1C[C@H](O[Si](C)(C)C(C)(C)C)/C(C)=C/c1csc(C)n1. The second-order valence-electron chi connectivity index (χ2n) is 9.78. The maximum atomic E-state index is 11.5. The zero-order valence-corrected chi connectivity index (χ0v) is 21.2. The second kappa shape index (κ2) is 9.00. The first kappa shape index (κ1) is 24.2. The highest BCUT2D eigenvalue weighted by Crippen LogP contribution is 2.45. The molecular formula is C22H37NO4SSi. The molecule has 29 heavy (non-hydrogen) atoms. The molecule has 0 N–H and O–H groups in total. The summed E-state index contributed by atoms with van der Waals surface area (Å²) in [6.07, 6.45) is 4.03. The maximum Gasteiger partial charge on any atom is 0.305 e. The molecule has 0 aromatic carbocycles. The van der Waals surface area contributed by atoms with Crippen LogP contribution in [0.15, 0.2) is 11.0 Å². The predicted octanol–water partition coefficient (Wildman–Crippen LogP) is 5.75. The van der Waals surface area contributed by atoms with Gasteiger partial charge in [0.1, 0.15) is 0 Å². The number of esters is 1. The van der Waals surface area contributed by atoms with E-state index in [1.54, 1.807) is 11.3 Å². The summed E-state index contributed by atoms with van der Waals surface area (Å²) in [6, 6.07) is 0. The first-order chi connectivity index (χ1) is 13.3. The van der Waals surface area contributed by atoms with E-state index in [-0.39, 0.29) is 28.8 Å². The first-order valence-electron chi connectivity index (χ1n) is 10.3. The average molecular weight is 440 g/mol. The lowest BCUT2D eigenvalue weighted by Gasteiger charge is -2.39. The highest BCUT2D eigenvalue weighted by atomic mass is 32.1. The summed E-state index contributed by atoms with van der Waals surface area (Å²) in [4.78, 5) is 16.1. The molecule has 0 unspecified atom stereocenters. The molecule has 5 nitrogen and oxygen atoms in total. The number of hydrogen-bond acceptors (Lipinski definition) is 6. The van der Waals surface area contributed by atoms with E-state index in [1.807, 2.05) is 6.92 Å². The molecule has 0 saturated carbocycles. The van der Waals surface area contributed by atoms with Crippen molar-refractivity contribution in [1.82, 2.24) is 4.98 Å². The lowest BCUT2D eigenvalue weighted by atomic mass is 9.95. The summed E-state index contributed by atoms with van der Waals surface area (Å²) in [6.45, 7) is 17.6. The van der Waals surface area contributed by atoms with Gasteiger partial charge in [0.05, 0.1) is 35.6 Å². The summed E-state index contributed by atoms with van der Waals surface area (Å²) in [5, 5.41) is 3.27. The number of ether oxygens (including phenoxy) is 2. The standard InChI is InChI=1S/C22H37NO4SSi/c1-15(12-17-14-28-16(2)23-17)18(27-29(8,9)21(3,4)5)13-19-22(6,26-19)11-10-20(24)25-7/h12,14,18-19H,10-11,13H2,1-9H3/b15-12+/t18-,19-,22+/m0/s1. The van der Waals surface area contributed by atoms with E-state index in [0.29, 0.717) is 12.8 Å². The number of aromatic nitrogens is 1. The Kier molecular flexibility index (Phi) is 7.52. The molecule has 164 valence electrons. The zero-order chi connectivity index (χ0) is 22.0. The third-order valence-electron chi connectivity index (χ3n) is 6.28. The Morgan fingerprint density at radius 1 is 1.45 bits per heavy atom. The number of rotatable bonds is 9. The molecule has 0 aliphatic carbocycles. The van der Waals surface area contributed by atoms with Gasteiger partial charge >= 0.3 is 5.97 Å². The minimum Gasteiger partial charge on any atom is -0.469 e. The highest BCUT2D eigenvalue weighted by Gasteiger charge is 2.53. The van der Waals surface area contributed by atoms with Gasteiger partial charge in [0.2, 0.25) is 0 Å². The van der Waals surface area contributed by atoms with Gasteiger partial charge < -0.3 is 13.9 Å². The summed E-state index contributed by atoms with van der Waals surface area (Å²) < 4.78 is 17.6. The fourth-order valence-electron chi connectivity index (χ4n) is 3.09. The van der Waals surface area contributed by atoms with Crippen LogP contribution in [0.1, 0.15) is 64.6 Å². The molecule has 1 fully saturated rings. The fraction of sp³-hybridized carbons (Fsp3) is 0.727. The van der Waals surface area contributed by atoms with Gasteiger partial charge in [0, 0.05) is 18.2 Å². The van der Waals surface area contributed by atoms with Crippen molar-refractivity contribution in [3.63, 3.8) is 0 Å². The fourth-order valence-corrected chi connectivity index (χ4v) is 5.00. The van der Waals surface area contributed by atoms with E-state index in [4.69, 9.17) is 13.9 Å². The van der Waals surface area contributed by atoms with Crippen LogP contribution in [0.2, 0.25) is 18.1 Å². The Morgan fingerprint density at radius 3 is 2.62 bits per heavy atom. The minimum absolute atomic E-state index is 0.0251. The van der Waals surface area contributed by atoms with E-state index in [2.05, 4.69) is 64.2 Å². The number of carbonyl (C=O) groups excluding carboxylic acids is 1. The van der Waals surface area contributed by atoms with Crippen molar-refractivity contribution >= 4 is 31.7 Å². The van der Waals surface area contributed by atoms with E-state index in [0.717, 1.165) is 17.1 Å². The predicted molar refractivity (Wildman–Crippen MR) is 122 cm³/mol. The molecule has 1 aromatic rings. The third kappa shape index (κ3) is 6.48. The molecule has 1 aliphatic rings. The van der Waals surface area contributed by atoms with Crippen molar-refractivity contribution in [2.45, 2.75) is 96.7 Å². The van der Waals surface area contributed by atoms with Crippen LogP contribution in [0.4, 0.5) is 0 Å². The van der Waals surface area contributed by atoms with Crippen LogP contribution in [0.5, 0.6) is 0 Å². The van der Waals surface area contributed by atoms with E-state index < -0.39 is 8.32 Å². The van der Waals surface area contributed by atoms with Crippen molar-refractivity contribution in [3.8, 4) is 0 Å². The van der Waals surface area contributed by atoms with Crippen molar-refractivity contribution in [1.29, 1.82) is 0 Å². The van der Waals surface area contributed by atoms with Crippen LogP contribution in [-0.4, -0.2) is 44.2 Å². The lowest BCUT2D eigenvalue weighted by Crippen LogP contribution is -2.44. The molecule has 0 bridgehead atoms. The Bertz CT molecular complexity index is 752. The van der Waals surface area contributed by atoms with Crippen LogP contribution in [0, 0.1) is 6.92 Å². The van der Waals surface area contributed by atoms with E-state index >= 15 is 0 Å². The Balaban J connectivity index is 2.15. The largest absolute Gasteiger partial charge is 0.469 e. The van der Waals surface area contributed by atoms with Gasteiger partial charge in [0.15, 0.2) is 8.32 Å². The average Bonchev–Trinajstić information content (AvgIpc) is 3.05. The molecule has 1 aliphatic heterocycles. The van der Waals surface area contributed by atoms with Gasteiger partial charge in [0.25, 0.3) is 0 Å².